The normalized spacial score (nSPS) is 12.5. The molecule has 34 heavy (non-hydrogen) atoms. The minimum absolute atomic E-state index is 0.164. The van der Waals surface area contributed by atoms with Crippen LogP contribution in [-0.2, 0) is 14.8 Å². The second-order valence-corrected chi connectivity index (χ2v) is 11.3. The predicted octanol–water partition coefficient (Wildman–Crippen LogP) is 4.90. The number of nitrogens with one attached hydrogen (secondary N) is 2. The lowest BCUT2D eigenvalue weighted by Crippen LogP contribution is -2.27. The van der Waals surface area contributed by atoms with Gasteiger partial charge in [0.2, 0.25) is 15.9 Å². The molecule has 1 atom stereocenters. The van der Waals surface area contributed by atoms with Crippen molar-refractivity contribution in [1.82, 2.24) is 14.7 Å². The fourth-order valence-corrected chi connectivity index (χ4v) is 5.33. The highest BCUT2D eigenvalue weighted by molar-refractivity contribution is 8.00. The van der Waals surface area contributed by atoms with Gasteiger partial charge in [0.05, 0.1) is 15.8 Å². The van der Waals surface area contributed by atoms with Crippen LogP contribution in [-0.4, -0.2) is 36.1 Å². The van der Waals surface area contributed by atoms with Gasteiger partial charge in [0.15, 0.2) is 0 Å². The minimum Gasteiger partial charge on any atom is -0.325 e. The molecule has 3 rings (SSSR count). The SMILES string of the molecule is CCC(Sc1cc(-c2ccccc2)nc(C)n1)C(=O)Nc1ccc(S(=O)(=O)NCC(C)C)cc1. The Morgan fingerprint density at radius 3 is 2.32 bits per heavy atom. The fourth-order valence-electron chi connectivity index (χ4n) is 3.13. The Hall–Kier alpha value is -2.75. The van der Waals surface area contributed by atoms with Gasteiger partial charge in [-0.3, -0.25) is 4.79 Å². The summed E-state index contributed by atoms with van der Waals surface area (Å²) < 4.78 is 27.3. The molecule has 1 heterocycles. The van der Waals surface area contributed by atoms with Crippen molar-refractivity contribution in [2.24, 2.45) is 5.92 Å². The van der Waals surface area contributed by atoms with Crippen molar-refractivity contribution in [2.45, 2.75) is 49.3 Å². The summed E-state index contributed by atoms with van der Waals surface area (Å²) in [5.74, 6) is 0.680. The first kappa shape index (κ1) is 25.9. The molecule has 1 aromatic heterocycles. The van der Waals surface area contributed by atoms with E-state index >= 15 is 0 Å². The summed E-state index contributed by atoms with van der Waals surface area (Å²) in [5, 5.41) is 3.25. The number of carbonyl (C=O) groups excluding carboxylic acids is 1. The van der Waals surface area contributed by atoms with Crippen LogP contribution in [0.1, 0.15) is 33.0 Å². The van der Waals surface area contributed by atoms with Crippen LogP contribution in [0, 0.1) is 12.8 Å². The molecule has 0 saturated heterocycles. The van der Waals surface area contributed by atoms with E-state index in [1.54, 1.807) is 12.1 Å². The van der Waals surface area contributed by atoms with Gasteiger partial charge >= 0.3 is 0 Å². The third kappa shape index (κ3) is 7.12. The van der Waals surface area contributed by atoms with E-state index in [1.165, 1.54) is 23.9 Å². The maximum Gasteiger partial charge on any atom is 0.240 e. The van der Waals surface area contributed by atoms with Crippen LogP contribution in [0.2, 0.25) is 0 Å². The number of thioether (sulfide) groups is 1. The van der Waals surface area contributed by atoms with E-state index in [1.807, 2.05) is 64.1 Å². The molecule has 1 amide bonds. The van der Waals surface area contributed by atoms with E-state index in [0.717, 1.165) is 16.3 Å². The number of hydrogen-bond donors (Lipinski definition) is 2. The Labute approximate surface area is 205 Å². The van der Waals surface area contributed by atoms with Gasteiger partial charge in [-0.05, 0) is 49.6 Å². The molecular weight excluding hydrogens is 468 g/mol. The Morgan fingerprint density at radius 1 is 1.03 bits per heavy atom. The lowest BCUT2D eigenvalue weighted by atomic mass is 10.1. The zero-order valence-electron chi connectivity index (χ0n) is 19.8. The van der Waals surface area contributed by atoms with E-state index < -0.39 is 10.0 Å². The maximum atomic E-state index is 12.9. The van der Waals surface area contributed by atoms with Crippen molar-refractivity contribution < 1.29 is 13.2 Å². The second kappa shape index (κ2) is 11.6. The number of rotatable bonds is 10. The maximum absolute atomic E-state index is 12.9. The molecule has 7 nitrogen and oxygen atoms in total. The summed E-state index contributed by atoms with van der Waals surface area (Å²) in [6.45, 7) is 8.02. The quantitative estimate of drug-likeness (QED) is 0.305. The number of anilines is 1. The topological polar surface area (TPSA) is 101 Å². The van der Waals surface area contributed by atoms with Crippen molar-refractivity contribution >= 4 is 33.4 Å². The predicted molar refractivity (Wildman–Crippen MR) is 137 cm³/mol. The van der Waals surface area contributed by atoms with Crippen molar-refractivity contribution in [3.8, 4) is 11.3 Å². The summed E-state index contributed by atoms with van der Waals surface area (Å²) in [7, 11) is -3.57. The summed E-state index contributed by atoms with van der Waals surface area (Å²) in [6, 6.07) is 17.9. The molecule has 180 valence electrons. The highest BCUT2D eigenvalue weighted by Crippen LogP contribution is 2.28. The summed E-state index contributed by atoms with van der Waals surface area (Å²) in [6.07, 6.45) is 0.603. The van der Waals surface area contributed by atoms with Crippen LogP contribution in [0.3, 0.4) is 0 Å². The molecule has 3 aromatic rings. The van der Waals surface area contributed by atoms with Crippen molar-refractivity contribution in [3.05, 3.63) is 66.5 Å². The van der Waals surface area contributed by atoms with Gasteiger partial charge in [0.1, 0.15) is 10.9 Å². The van der Waals surface area contributed by atoms with Gasteiger partial charge in [-0.1, -0.05) is 62.9 Å². The summed E-state index contributed by atoms with van der Waals surface area (Å²) in [5.41, 5.74) is 2.34. The lowest BCUT2D eigenvalue weighted by molar-refractivity contribution is -0.115. The van der Waals surface area contributed by atoms with E-state index in [-0.39, 0.29) is 22.0 Å². The minimum atomic E-state index is -3.57. The molecule has 0 aliphatic carbocycles. The number of benzene rings is 2. The van der Waals surface area contributed by atoms with Crippen LogP contribution in [0.25, 0.3) is 11.3 Å². The molecule has 2 N–H and O–H groups in total. The Morgan fingerprint density at radius 2 is 1.71 bits per heavy atom. The van der Waals surface area contributed by atoms with Gasteiger partial charge in [-0.15, -0.1) is 0 Å². The van der Waals surface area contributed by atoms with Gasteiger partial charge < -0.3 is 5.32 Å². The highest BCUT2D eigenvalue weighted by Gasteiger charge is 2.20. The molecule has 0 aliphatic heterocycles. The van der Waals surface area contributed by atoms with Crippen LogP contribution in [0.5, 0.6) is 0 Å². The van der Waals surface area contributed by atoms with E-state index in [0.29, 0.717) is 24.5 Å². The number of aromatic nitrogens is 2. The van der Waals surface area contributed by atoms with E-state index in [4.69, 9.17) is 0 Å². The molecule has 0 aliphatic rings. The van der Waals surface area contributed by atoms with Crippen LogP contribution < -0.4 is 10.0 Å². The number of carbonyl (C=O) groups is 1. The van der Waals surface area contributed by atoms with Crippen LogP contribution in [0.15, 0.2) is 70.6 Å². The molecule has 0 bridgehead atoms. The fraction of sp³-hybridized carbons (Fsp3) is 0.320. The Bertz CT molecular complexity index is 1210. The van der Waals surface area contributed by atoms with Crippen molar-refractivity contribution in [1.29, 1.82) is 0 Å². The Kier molecular flexibility index (Phi) is 8.82. The highest BCUT2D eigenvalue weighted by atomic mass is 32.2. The largest absolute Gasteiger partial charge is 0.325 e. The van der Waals surface area contributed by atoms with Gasteiger partial charge in [-0.2, -0.15) is 0 Å². The zero-order valence-corrected chi connectivity index (χ0v) is 21.4. The lowest BCUT2D eigenvalue weighted by Gasteiger charge is -2.15. The molecule has 0 radical (unpaired) electrons. The standard InChI is InChI=1S/C25H30N4O3S2/c1-5-23(33-24-15-22(27-18(4)28-24)19-9-7-6-8-10-19)25(30)29-20-11-13-21(14-12-20)34(31,32)26-16-17(2)3/h6-15,17,23,26H,5,16H2,1-4H3,(H,29,30). The molecule has 2 aromatic carbocycles. The monoisotopic (exact) mass is 498 g/mol. The van der Waals surface area contributed by atoms with E-state index in [9.17, 15) is 13.2 Å². The zero-order chi connectivity index (χ0) is 24.7. The molecule has 0 fully saturated rings. The van der Waals surface area contributed by atoms with Crippen LogP contribution >= 0.6 is 11.8 Å². The van der Waals surface area contributed by atoms with Gasteiger partial charge in [0.25, 0.3) is 0 Å². The van der Waals surface area contributed by atoms with Gasteiger partial charge in [0, 0.05) is 17.8 Å². The smallest absolute Gasteiger partial charge is 0.240 e. The number of hydrogen-bond acceptors (Lipinski definition) is 6. The van der Waals surface area contributed by atoms with E-state index in [2.05, 4.69) is 20.0 Å². The van der Waals surface area contributed by atoms with Crippen molar-refractivity contribution in [2.75, 3.05) is 11.9 Å². The first-order valence-corrected chi connectivity index (χ1v) is 13.5. The average Bonchev–Trinajstić information content (AvgIpc) is 2.82. The van der Waals surface area contributed by atoms with Gasteiger partial charge in [-0.25, -0.2) is 23.1 Å². The Balaban J connectivity index is 1.69. The molecular formula is C25H30N4O3S2. The number of aryl methyl sites for hydroxylation is 1. The molecule has 0 spiro atoms. The van der Waals surface area contributed by atoms with Crippen molar-refractivity contribution in [3.63, 3.8) is 0 Å². The number of nitrogens with zero attached hydrogens (tertiary/aromatic N) is 2. The number of sulfonamides is 1. The average molecular weight is 499 g/mol. The second-order valence-electron chi connectivity index (χ2n) is 8.28. The third-order valence-corrected chi connectivity index (χ3v) is 7.65. The number of amides is 1. The molecule has 9 heteroatoms. The molecule has 0 saturated carbocycles. The first-order valence-electron chi connectivity index (χ1n) is 11.2. The summed E-state index contributed by atoms with van der Waals surface area (Å²) in [4.78, 5) is 22.1. The van der Waals surface area contributed by atoms with Crippen LogP contribution in [0.4, 0.5) is 5.69 Å². The third-order valence-electron chi connectivity index (χ3n) is 4.92. The first-order chi connectivity index (χ1) is 16.2. The molecule has 1 unspecified atom stereocenters. The summed E-state index contributed by atoms with van der Waals surface area (Å²) >= 11 is 1.39.